The van der Waals surface area contributed by atoms with Crippen LogP contribution < -0.4 is 21.1 Å². The number of fused-ring (bicyclic) bond motifs is 1. The van der Waals surface area contributed by atoms with E-state index in [0.29, 0.717) is 34.6 Å². The lowest BCUT2D eigenvalue weighted by atomic mass is 10.1. The largest absolute Gasteiger partial charge is 0.496 e. The summed E-state index contributed by atoms with van der Waals surface area (Å²) in [6, 6.07) is 13.0. The summed E-state index contributed by atoms with van der Waals surface area (Å²) in [6.07, 6.45) is 0. The first-order valence-corrected chi connectivity index (χ1v) is 12.0. The number of nitrogens with one attached hydrogen (secondary N) is 2. The monoisotopic (exact) mass is 494 g/mol. The summed E-state index contributed by atoms with van der Waals surface area (Å²) in [5.74, 6) is 0.780. The molecule has 2 aromatic carbocycles. The summed E-state index contributed by atoms with van der Waals surface area (Å²) in [5.41, 5.74) is 8.08. The van der Waals surface area contributed by atoms with E-state index in [1.807, 2.05) is 24.3 Å². The second kappa shape index (κ2) is 10.3. The average molecular weight is 495 g/mol. The van der Waals surface area contributed by atoms with Crippen LogP contribution in [0.15, 0.2) is 42.5 Å². The highest BCUT2D eigenvalue weighted by atomic mass is 32.1. The van der Waals surface area contributed by atoms with E-state index in [1.165, 1.54) is 23.1 Å². The molecule has 4 aromatic rings. The Bertz CT molecular complexity index is 1300. The van der Waals surface area contributed by atoms with Gasteiger partial charge in [0.1, 0.15) is 5.75 Å². The van der Waals surface area contributed by atoms with Gasteiger partial charge in [0.05, 0.1) is 36.1 Å². The number of thiazole rings is 1. The molecule has 0 unspecified atom stereocenters. The maximum Gasteiger partial charge on any atom is 0.255 e. The van der Waals surface area contributed by atoms with Crippen LogP contribution in [0, 0.1) is 0 Å². The van der Waals surface area contributed by atoms with E-state index in [1.54, 1.807) is 18.2 Å². The normalized spacial score (nSPS) is 14.2. The third-order valence-corrected chi connectivity index (χ3v) is 6.63. The Balaban J connectivity index is 1.26. The van der Waals surface area contributed by atoms with Crippen LogP contribution in [0.3, 0.4) is 0 Å². The Kier molecular flexibility index (Phi) is 6.75. The molecule has 1 aliphatic rings. The zero-order valence-corrected chi connectivity index (χ0v) is 20.0. The summed E-state index contributed by atoms with van der Waals surface area (Å²) >= 11 is 1.48. The van der Waals surface area contributed by atoms with Crippen molar-refractivity contribution in [3.8, 4) is 10.9 Å². The molecule has 0 spiro atoms. The number of hydrogen-bond acceptors (Lipinski definition) is 10. The van der Waals surface area contributed by atoms with Gasteiger partial charge in [-0.05, 0) is 24.3 Å². The number of hydrogen-bond donors (Lipinski definition) is 3. The van der Waals surface area contributed by atoms with Crippen LogP contribution in [0.25, 0.3) is 15.3 Å². The molecule has 12 heteroatoms. The molecule has 11 nitrogen and oxygen atoms in total. The van der Waals surface area contributed by atoms with E-state index in [-0.39, 0.29) is 11.9 Å². The van der Waals surface area contributed by atoms with Gasteiger partial charge in [-0.3, -0.25) is 9.69 Å². The molecule has 3 heterocycles. The average Bonchev–Trinajstić information content (AvgIpc) is 3.47. The molecule has 35 heavy (non-hydrogen) atoms. The predicted octanol–water partition coefficient (Wildman–Crippen LogP) is 2.27. The fourth-order valence-corrected chi connectivity index (χ4v) is 4.73. The van der Waals surface area contributed by atoms with Crippen molar-refractivity contribution in [2.45, 2.75) is 0 Å². The first kappa shape index (κ1) is 23.0. The zero-order chi connectivity index (χ0) is 24.2. The number of carbonyl (C=O) groups excluding carboxylic acids is 1. The van der Waals surface area contributed by atoms with Gasteiger partial charge < -0.3 is 25.8 Å². The maximum atomic E-state index is 12.7. The fourth-order valence-electron chi connectivity index (χ4n) is 3.80. The number of carbonyl (C=O) groups is 1. The second-order valence-corrected chi connectivity index (χ2v) is 8.93. The van der Waals surface area contributed by atoms with Gasteiger partial charge in [0, 0.05) is 37.9 Å². The number of methoxy groups -OCH3 is 1. The van der Waals surface area contributed by atoms with Gasteiger partial charge in [-0.15, -0.1) is 5.10 Å². The first-order valence-electron chi connectivity index (χ1n) is 11.2. The molecule has 1 amide bonds. The highest BCUT2D eigenvalue weighted by Crippen LogP contribution is 2.28. The van der Waals surface area contributed by atoms with Crippen LogP contribution in [0.2, 0.25) is 0 Å². The van der Waals surface area contributed by atoms with Crippen molar-refractivity contribution in [3.05, 3.63) is 48.0 Å². The standard InChI is InChI=1S/C23H26N8O3S/c1-33-18-14-15(6-7-16(18)20(32)25-8-9-30-10-12-34-13-11-30)26-22-28-21(24)31(29-22)23-27-17-4-2-3-5-19(17)35-23/h2-7,14H,8-13H2,1H3,(H,25,32)(H3,24,26,28,29). The number of amides is 1. The Labute approximate surface area is 205 Å². The SMILES string of the molecule is COc1cc(Nc2nc(N)n(-c3nc4ccccc4s3)n2)ccc1C(=O)NCCN1CCOCC1. The molecule has 2 aromatic heterocycles. The van der Waals surface area contributed by atoms with E-state index in [9.17, 15) is 4.79 Å². The number of nitrogen functional groups attached to an aromatic ring is 1. The maximum absolute atomic E-state index is 12.7. The lowest BCUT2D eigenvalue weighted by molar-refractivity contribution is 0.0383. The third kappa shape index (κ3) is 5.19. The van der Waals surface area contributed by atoms with Crippen LogP contribution in [-0.4, -0.2) is 77.1 Å². The smallest absolute Gasteiger partial charge is 0.255 e. The zero-order valence-electron chi connectivity index (χ0n) is 19.2. The number of benzene rings is 2. The molecular formula is C23H26N8O3S. The van der Waals surface area contributed by atoms with Crippen molar-refractivity contribution in [2.75, 3.05) is 57.6 Å². The molecule has 1 fully saturated rings. The highest BCUT2D eigenvalue weighted by Gasteiger charge is 2.17. The van der Waals surface area contributed by atoms with E-state index in [2.05, 4.69) is 30.6 Å². The number of anilines is 3. The van der Waals surface area contributed by atoms with E-state index in [4.69, 9.17) is 15.2 Å². The minimum Gasteiger partial charge on any atom is -0.496 e. The lowest BCUT2D eigenvalue weighted by Crippen LogP contribution is -2.41. The van der Waals surface area contributed by atoms with Crippen molar-refractivity contribution < 1.29 is 14.3 Å². The van der Waals surface area contributed by atoms with Gasteiger partial charge in [0.15, 0.2) is 0 Å². The van der Waals surface area contributed by atoms with Crippen LogP contribution in [0.4, 0.5) is 17.6 Å². The van der Waals surface area contributed by atoms with Crippen LogP contribution in [0.1, 0.15) is 10.4 Å². The third-order valence-electron chi connectivity index (χ3n) is 5.62. The fraction of sp³-hybridized carbons (Fsp3) is 0.304. The molecular weight excluding hydrogens is 468 g/mol. The molecule has 1 aliphatic heterocycles. The van der Waals surface area contributed by atoms with Crippen LogP contribution >= 0.6 is 11.3 Å². The number of nitrogens with zero attached hydrogens (tertiary/aromatic N) is 5. The van der Waals surface area contributed by atoms with E-state index < -0.39 is 0 Å². The summed E-state index contributed by atoms with van der Waals surface area (Å²) < 4.78 is 13.4. The number of nitrogens with two attached hydrogens (primary N) is 1. The molecule has 182 valence electrons. The summed E-state index contributed by atoms with van der Waals surface area (Å²) in [5, 5.41) is 11.2. The number of para-hydroxylation sites is 1. The Morgan fingerprint density at radius 3 is 2.83 bits per heavy atom. The van der Waals surface area contributed by atoms with Crippen molar-refractivity contribution in [1.82, 2.24) is 30.0 Å². The number of ether oxygens (including phenoxy) is 2. The second-order valence-electron chi connectivity index (χ2n) is 7.92. The number of morpholine rings is 1. The van der Waals surface area contributed by atoms with Crippen molar-refractivity contribution in [2.24, 2.45) is 0 Å². The minimum atomic E-state index is -0.191. The molecule has 4 N–H and O–H groups in total. The van der Waals surface area contributed by atoms with Gasteiger partial charge in [0.2, 0.25) is 17.0 Å². The minimum absolute atomic E-state index is 0.191. The quantitative estimate of drug-likeness (QED) is 0.337. The van der Waals surface area contributed by atoms with Gasteiger partial charge in [-0.1, -0.05) is 23.5 Å². The van der Waals surface area contributed by atoms with E-state index in [0.717, 1.165) is 43.1 Å². The lowest BCUT2D eigenvalue weighted by Gasteiger charge is -2.26. The van der Waals surface area contributed by atoms with Gasteiger partial charge in [-0.2, -0.15) is 9.67 Å². The summed E-state index contributed by atoms with van der Waals surface area (Å²) in [4.78, 5) is 23.8. The van der Waals surface area contributed by atoms with Gasteiger partial charge >= 0.3 is 0 Å². The Morgan fingerprint density at radius 1 is 1.20 bits per heavy atom. The molecule has 0 aliphatic carbocycles. The molecule has 5 rings (SSSR count). The summed E-state index contributed by atoms with van der Waals surface area (Å²) in [7, 11) is 1.53. The van der Waals surface area contributed by atoms with Gasteiger partial charge in [0.25, 0.3) is 5.91 Å². The molecule has 1 saturated heterocycles. The Hall–Kier alpha value is -3.74. The molecule has 0 atom stereocenters. The van der Waals surface area contributed by atoms with Crippen molar-refractivity contribution in [1.29, 1.82) is 0 Å². The van der Waals surface area contributed by atoms with Gasteiger partial charge in [-0.25, -0.2) is 4.98 Å². The Morgan fingerprint density at radius 2 is 2.03 bits per heavy atom. The molecule has 0 bridgehead atoms. The van der Waals surface area contributed by atoms with E-state index >= 15 is 0 Å². The van der Waals surface area contributed by atoms with Crippen molar-refractivity contribution in [3.63, 3.8) is 0 Å². The van der Waals surface area contributed by atoms with Crippen molar-refractivity contribution >= 4 is 45.0 Å². The van der Waals surface area contributed by atoms with Crippen LogP contribution in [-0.2, 0) is 4.74 Å². The van der Waals surface area contributed by atoms with Crippen LogP contribution in [0.5, 0.6) is 5.75 Å². The summed E-state index contributed by atoms with van der Waals surface area (Å²) in [6.45, 7) is 4.56. The number of aromatic nitrogens is 4. The molecule has 0 saturated carbocycles. The topological polar surface area (TPSA) is 132 Å². The molecule has 0 radical (unpaired) electrons. The highest BCUT2D eigenvalue weighted by molar-refractivity contribution is 7.20. The number of rotatable bonds is 8. The first-order chi connectivity index (χ1) is 17.1. The predicted molar refractivity (Wildman–Crippen MR) is 135 cm³/mol.